The van der Waals surface area contributed by atoms with E-state index in [1.54, 1.807) is 6.08 Å². The van der Waals surface area contributed by atoms with Gasteiger partial charge in [0.25, 0.3) is 0 Å². The number of carbonyl (C=O) groups is 1. The van der Waals surface area contributed by atoms with Gasteiger partial charge in [-0.05, 0) is 31.4 Å². The Morgan fingerprint density at radius 1 is 1.44 bits per heavy atom. The number of carbonyl (C=O) groups excluding carboxylic acids is 1. The molecule has 0 aromatic rings. The zero-order chi connectivity index (χ0) is 11.2. The van der Waals surface area contributed by atoms with Crippen molar-refractivity contribution in [3.05, 3.63) is 35.8 Å². The molecule has 4 heteroatoms. The molecule has 0 atom stereocenters. The number of allylic oxidation sites excluding steroid dienone is 1. The summed E-state index contributed by atoms with van der Waals surface area (Å²) in [5.41, 5.74) is 6.88. The van der Waals surface area contributed by atoms with Crippen LogP contribution < -0.4 is 5.73 Å². The summed E-state index contributed by atoms with van der Waals surface area (Å²) >= 11 is 0. The third-order valence-corrected chi connectivity index (χ3v) is 3.49. The Bertz CT molecular complexity index is 467. The van der Waals surface area contributed by atoms with Crippen molar-refractivity contribution >= 4 is 12.1 Å². The van der Waals surface area contributed by atoms with E-state index < -0.39 is 0 Å². The minimum atomic E-state index is -0.382. The Kier molecular flexibility index (Phi) is 1.80. The summed E-state index contributed by atoms with van der Waals surface area (Å²) in [5, 5.41) is 0. The molecule has 0 aromatic heterocycles. The molecule has 4 nitrogen and oxygen atoms in total. The van der Waals surface area contributed by atoms with Gasteiger partial charge in [-0.3, -0.25) is 9.79 Å². The highest BCUT2D eigenvalue weighted by molar-refractivity contribution is 5.95. The highest BCUT2D eigenvalue weighted by atomic mass is 16.1. The first-order valence-corrected chi connectivity index (χ1v) is 5.45. The van der Waals surface area contributed by atoms with Crippen LogP contribution in [0.5, 0.6) is 0 Å². The maximum absolute atomic E-state index is 11.2. The van der Waals surface area contributed by atoms with Gasteiger partial charge in [-0.2, -0.15) is 0 Å². The molecule has 2 N–H and O–H groups in total. The topological polar surface area (TPSA) is 58.7 Å². The largest absolute Gasteiger partial charge is 0.366 e. The third-order valence-electron chi connectivity index (χ3n) is 3.49. The predicted molar refractivity (Wildman–Crippen MR) is 61.4 cm³/mol. The van der Waals surface area contributed by atoms with Gasteiger partial charge in [0.1, 0.15) is 0 Å². The minimum Gasteiger partial charge on any atom is -0.366 e. The first-order chi connectivity index (χ1) is 7.71. The number of rotatable bonds is 1. The van der Waals surface area contributed by atoms with Crippen LogP contribution in [0.1, 0.15) is 19.3 Å². The monoisotopic (exact) mass is 215 g/mol. The fraction of sp³-hybridized carbons (Fsp3) is 0.333. The summed E-state index contributed by atoms with van der Waals surface area (Å²) in [4.78, 5) is 17.6. The molecule has 2 heterocycles. The standard InChI is InChI=1S/C12H13N3O/c13-11(16)9-2-3-10-6-14-8-12(4-1-5-12)15(10)7-9/h2-3,6-8H,1,4-5H2,(H2,13,16). The number of nitrogens with zero attached hydrogens (tertiary/aromatic N) is 2. The zero-order valence-corrected chi connectivity index (χ0v) is 8.89. The number of aliphatic imine (C=N–C) groups is 1. The summed E-state index contributed by atoms with van der Waals surface area (Å²) in [5.74, 6) is -0.382. The fourth-order valence-corrected chi connectivity index (χ4v) is 2.37. The Labute approximate surface area is 93.8 Å². The van der Waals surface area contributed by atoms with E-state index in [2.05, 4.69) is 9.89 Å². The van der Waals surface area contributed by atoms with Crippen LogP contribution in [0.2, 0.25) is 0 Å². The van der Waals surface area contributed by atoms with Gasteiger partial charge in [-0.25, -0.2) is 0 Å². The van der Waals surface area contributed by atoms with Crippen molar-refractivity contribution < 1.29 is 4.79 Å². The second-order valence-electron chi connectivity index (χ2n) is 4.44. The van der Waals surface area contributed by atoms with Crippen LogP contribution in [0, 0.1) is 0 Å². The van der Waals surface area contributed by atoms with Crippen LogP contribution in [0.4, 0.5) is 0 Å². The third kappa shape index (κ3) is 1.16. The van der Waals surface area contributed by atoms with Gasteiger partial charge in [-0.1, -0.05) is 0 Å². The summed E-state index contributed by atoms with van der Waals surface area (Å²) < 4.78 is 0. The van der Waals surface area contributed by atoms with E-state index in [1.165, 1.54) is 6.42 Å². The molecule has 2 aliphatic heterocycles. The summed E-state index contributed by atoms with van der Waals surface area (Å²) in [6.45, 7) is 0. The normalized spacial score (nSPS) is 24.6. The number of amides is 1. The average molecular weight is 215 g/mol. The van der Waals surface area contributed by atoms with Crippen LogP contribution in [-0.2, 0) is 4.79 Å². The van der Waals surface area contributed by atoms with E-state index in [4.69, 9.17) is 5.73 Å². The molecular weight excluding hydrogens is 202 g/mol. The van der Waals surface area contributed by atoms with E-state index in [0.29, 0.717) is 5.57 Å². The van der Waals surface area contributed by atoms with Gasteiger partial charge < -0.3 is 10.6 Å². The van der Waals surface area contributed by atoms with Crippen LogP contribution in [0.15, 0.2) is 40.8 Å². The number of fused-ring (bicyclic) bond motifs is 2. The first kappa shape index (κ1) is 9.39. The Morgan fingerprint density at radius 2 is 2.25 bits per heavy atom. The molecule has 1 spiro atoms. The van der Waals surface area contributed by atoms with Gasteiger partial charge in [0.05, 0.1) is 23.0 Å². The molecule has 0 saturated heterocycles. The Balaban J connectivity index is 2.01. The van der Waals surface area contributed by atoms with Crippen molar-refractivity contribution in [2.75, 3.05) is 0 Å². The molecular formula is C12H13N3O. The number of nitrogens with two attached hydrogens (primary N) is 1. The molecule has 82 valence electrons. The summed E-state index contributed by atoms with van der Waals surface area (Å²) in [6.07, 6.45) is 12.7. The molecule has 1 amide bonds. The maximum Gasteiger partial charge on any atom is 0.250 e. The van der Waals surface area contributed by atoms with E-state index in [-0.39, 0.29) is 11.4 Å². The van der Waals surface area contributed by atoms with Crippen LogP contribution in [-0.4, -0.2) is 22.6 Å². The van der Waals surface area contributed by atoms with Gasteiger partial charge in [0, 0.05) is 12.4 Å². The molecule has 3 aliphatic rings. The summed E-state index contributed by atoms with van der Waals surface area (Å²) in [7, 11) is 0. The van der Waals surface area contributed by atoms with Gasteiger partial charge >= 0.3 is 0 Å². The van der Waals surface area contributed by atoms with E-state index in [1.807, 2.05) is 24.7 Å². The Morgan fingerprint density at radius 3 is 2.88 bits per heavy atom. The number of primary amides is 1. The number of hydrogen-bond donors (Lipinski definition) is 1. The van der Waals surface area contributed by atoms with Crippen LogP contribution in [0.3, 0.4) is 0 Å². The zero-order valence-electron chi connectivity index (χ0n) is 8.89. The lowest BCUT2D eigenvalue weighted by atomic mass is 9.75. The van der Waals surface area contributed by atoms with Crippen molar-refractivity contribution in [3.63, 3.8) is 0 Å². The van der Waals surface area contributed by atoms with Crippen molar-refractivity contribution in [2.45, 2.75) is 24.8 Å². The first-order valence-electron chi connectivity index (χ1n) is 5.45. The molecule has 0 radical (unpaired) electrons. The van der Waals surface area contributed by atoms with E-state index in [9.17, 15) is 4.79 Å². The lowest BCUT2D eigenvalue weighted by Crippen LogP contribution is -2.53. The number of hydrogen-bond acceptors (Lipinski definition) is 3. The van der Waals surface area contributed by atoms with Crippen molar-refractivity contribution in [2.24, 2.45) is 10.7 Å². The van der Waals surface area contributed by atoms with Crippen molar-refractivity contribution in [1.29, 1.82) is 0 Å². The molecule has 1 saturated carbocycles. The van der Waals surface area contributed by atoms with Gasteiger partial charge in [0.15, 0.2) is 0 Å². The highest BCUT2D eigenvalue weighted by Gasteiger charge is 2.43. The smallest absolute Gasteiger partial charge is 0.250 e. The van der Waals surface area contributed by atoms with Crippen molar-refractivity contribution in [3.8, 4) is 0 Å². The summed E-state index contributed by atoms with van der Waals surface area (Å²) in [6, 6.07) is 0. The van der Waals surface area contributed by atoms with Crippen LogP contribution >= 0.6 is 0 Å². The van der Waals surface area contributed by atoms with Crippen molar-refractivity contribution in [1.82, 2.24) is 4.90 Å². The van der Waals surface area contributed by atoms with E-state index in [0.717, 1.165) is 18.5 Å². The molecule has 16 heavy (non-hydrogen) atoms. The lowest BCUT2D eigenvalue weighted by molar-refractivity contribution is -0.114. The quantitative estimate of drug-likeness (QED) is 0.711. The fourth-order valence-electron chi connectivity index (χ4n) is 2.37. The van der Waals surface area contributed by atoms with Gasteiger partial charge in [0.2, 0.25) is 5.91 Å². The lowest BCUT2D eigenvalue weighted by Gasteiger charge is -2.49. The second kappa shape index (κ2) is 3.07. The van der Waals surface area contributed by atoms with Crippen LogP contribution in [0.25, 0.3) is 0 Å². The molecule has 3 rings (SSSR count). The van der Waals surface area contributed by atoms with E-state index >= 15 is 0 Å². The molecule has 1 aliphatic carbocycles. The average Bonchev–Trinajstić information content (AvgIpc) is 2.25. The van der Waals surface area contributed by atoms with Gasteiger partial charge in [-0.15, -0.1) is 0 Å². The maximum atomic E-state index is 11.2. The Hall–Kier alpha value is -1.84. The minimum absolute atomic E-state index is 0.00442. The molecule has 0 aromatic carbocycles. The molecule has 0 bridgehead atoms. The highest BCUT2D eigenvalue weighted by Crippen LogP contribution is 2.42. The predicted octanol–water partition coefficient (Wildman–Crippen LogP) is 1.08. The molecule has 0 unspecified atom stereocenters. The second-order valence-corrected chi connectivity index (χ2v) is 4.44. The molecule has 1 fully saturated rings. The SMILES string of the molecule is NC(=O)C1=CN2C(=CN=CC23CCC3)C=C1.